The standard InChI is InChI=1S/C10H7I2OP/c11-14(12,13)10-7-3-5-8-4-1-2-6-9(8)10/h1-7H. The minimum Gasteiger partial charge on any atom is -0.297 e. The molecule has 0 heterocycles. The van der Waals surface area contributed by atoms with Crippen molar-refractivity contribution < 1.29 is 4.57 Å². The molecule has 0 aliphatic rings. The largest absolute Gasteiger partial charge is 0.297 e. The van der Waals surface area contributed by atoms with Crippen LogP contribution in [0.25, 0.3) is 10.8 Å². The minimum absolute atomic E-state index is 0.955. The van der Waals surface area contributed by atoms with E-state index in [4.69, 9.17) is 0 Å². The van der Waals surface area contributed by atoms with Crippen LogP contribution in [0.3, 0.4) is 0 Å². The predicted molar refractivity (Wildman–Crippen MR) is 79.2 cm³/mol. The molecule has 0 saturated carbocycles. The number of benzene rings is 2. The van der Waals surface area contributed by atoms with Gasteiger partial charge in [0, 0.05) is 49.4 Å². The van der Waals surface area contributed by atoms with Gasteiger partial charge in [0.15, 0.2) is 0 Å². The van der Waals surface area contributed by atoms with Gasteiger partial charge in [-0.25, -0.2) is 0 Å². The van der Waals surface area contributed by atoms with Crippen molar-refractivity contribution in [2.24, 2.45) is 0 Å². The summed E-state index contributed by atoms with van der Waals surface area (Å²) in [4.78, 5) is 0. The Balaban J connectivity index is 2.85. The van der Waals surface area contributed by atoms with Crippen LogP contribution in [0, 0.1) is 0 Å². The van der Waals surface area contributed by atoms with Crippen molar-refractivity contribution >= 4 is 62.6 Å². The SMILES string of the molecule is O=P(I)(I)c1cccc2ccccc12. The summed E-state index contributed by atoms with van der Waals surface area (Å²) in [6.45, 7) is 0. The summed E-state index contributed by atoms with van der Waals surface area (Å²) in [5.74, 6) is 0. The monoisotopic (exact) mass is 428 g/mol. The summed E-state index contributed by atoms with van der Waals surface area (Å²) in [5, 5.41) is 3.21. The maximum Gasteiger partial charge on any atom is 0.226 e. The Morgan fingerprint density at radius 2 is 1.57 bits per heavy atom. The van der Waals surface area contributed by atoms with Crippen LogP contribution in [-0.2, 0) is 4.57 Å². The van der Waals surface area contributed by atoms with Gasteiger partial charge in [0.05, 0.1) is 0 Å². The Hall–Kier alpha value is 0.390. The molecule has 0 amide bonds. The van der Waals surface area contributed by atoms with Crippen LogP contribution in [0.2, 0.25) is 0 Å². The zero-order valence-electron chi connectivity index (χ0n) is 7.15. The molecule has 4 heteroatoms. The number of fused-ring (bicyclic) bond motifs is 1. The first kappa shape index (κ1) is 10.9. The molecule has 2 rings (SSSR count). The summed E-state index contributed by atoms with van der Waals surface area (Å²) in [5.41, 5.74) is 0. The number of hydrogen-bond donors (Lipinski definition) is 0. The zero-order chi connectivity index (χ0) is 10.2. The van der Waals surface area contributed by atoms with Crippen molar-refractivity contribution in [3.8, 4) is 0 Å². The quantitative estimate of drug-likeness (QED) is 0.482. The van der Waals surface area contributed by atoms with Crippen molar-refractivity contribution in [3.63, 3.8) is 0 Å². The van der Waals surface area contributed by atoms with Crippen LogP contribution < -0.4 is 5.30 Å². The van der Waals surface area contributed by atoms with Crippen LogP contribution in [0.1, 0.15) is 0 Å². The molecular formula is C10H7I2OP. The maximum absolute atomic E-state index is 12.0. The third kappa shape index (κ3) is 2.14. The third-order valence-electron chi connectivity index (χ3n) is 2.05. The molecule has 0 aliphatic heterocycles. The molecule has 0 N–H and O–H groups in total. The second-order valence-corrected chi connectivity index (χ2v) is 18.1. The number of halogens is 2. The van der Waals surface area contributed by atoms with E-state index in [0.29, 0.717) is 0 Å². The van der Waals surface area contributed by atoms with E-state index in [0.717, 1.165) is 16.1 Å². The van der Waals surface area contributed by atoms with E-state index >= 15 is 0 Å². The molecular weight excluding hydrogens is 421 g/mol. The van der Waals surface area contributed by atoms with Crippen molar-refractivity contribution in [3.05, 3.63) is 42.5 Å². The second kappa shape index (κ2) is 4.10. The lowest BCUT2D eigenvalue weighted by Crippen LogP contribution is -1.97. The zero-order valence-corrected chi connectivity index (χ0v) is 12.4. The summed E-state index contributed by atoms with van der Waals surface area (Å²) in [7, 11) is 0. The van der Waals surface area contributed by atoms with Gasteiger partial charge in [-0.3, -0.25) is 4.57 Å². The van der Waals surface area contributed by atoms with E-state index in [-0.39, 0.29) is 0 Å². The molecule has 0 bridgehead atoms. The fourth-order valence-corrected chi connectivity index (χ4v) is 4.70. The van der Waals surface area contributed by atoms with Crippen molar-refractivity contribution in [1.82, 2.24) is 0 Å². The highest BCUT2D eigenvalue weighted by atomic mass is 127. The molecule has 2 aromatic rings. The molecule has 0 fully saturated rings. The topological polar surface area (TPSA) is 17.1 Å². The lowest BCUT2D eigenvalue weighted by atomic mass is 10.1. The van der Waals surface area contributed by atoms with Crippen LogP contribution in [0.5, 0.6) is 0 Å². The molecule has 0 aromatic heterocycles. The Labute approximate surface area is 109 Å². The van der Waals surface area contributed by atoms with Crippen LogP contribution in [0.15, 0.2) is 42.5 Å². The van der Waals surface area contributed by atoms with E-state index in [1.54, 1.807) is 0 Å². The van der Waals surface area contributed by atoms with Gasteiger partial charge in [-0.05, 0) is 16.8 Å². The molecule has 72 valence electrons. The Morgan fingerprint density at radius 3 is 2.29 bits per heavy atom. The van der Waals surface area contributed by atoms with Crippen molar-refractivity contribution in [2.45, 2.75) is 0 Å². The maximum atomic E-state index is 12.0. The molecule has 0 radical (unpaired) electrons. The Kier molecular flexibility index (Phi) is 3.19. The second-order valence-electron chi connectivity index (χ2n) is 2.96. The van der Waals surface area contributed by atoms with E-state index in [1.807, 2.05) is 86.5 Å². The van der Waals surface area contributed by atoms with Gasteiger partial charge in [0.2, 0.25) is 2.43 Å². The Morgan fingerprint density at radius 1 is 0.929 bits per heavy atom. The lowest BCUT2D eigenvalue weighted by molar-refractivity contribution is 0.601. The molecule has 0 saturated heterocycles. The highest BCUT2D eigenvalue weighted by Crippen LogP contribution is 2.62. The fraction of sp³-hybridized carbons (Fsp3) is 0. The average molecular weight is 428 g/mol. The smallest absolute Gasteiger partial charge is 0.226 e. The first-order chi connectivity index (χ1) is 6.59. The molecule has 0 spiro atoms. The van der Waals surface area contributed by atoms with Gasteiger partial charge in [0.1, 0.15) is 0 Å². The normalized spacial score (nSPS) is 11.9. The highest BCUT2D eigenvalue weighted by Gasteiger charge is 2.17. The van der Waals surface area contributed by atoms with Gasteiger partial charge < -0.3 is 0 Å². The highest BCUT2D eigenvalue weighted by molar-refractivity contribution is 14.3. The summed E-state index contributed by atoms with van der Waals surface area (Å²) in [6.07, 6.45) is 0. The van der Waals surface area contributed by atoms with E-state index in [9.17, 15) is 4.57 Å². The minimum atomic E-state index is -2.22. The van der Waals surface area contributed by atoms with Gasteiger partial charge >= 0.3 is 0 Å². The van der Waals surface area contributed by atoms with E-state index in [2.05, 4.69) is 0 Å². The average Bonchev–Trinajstić information content (AvgIpc) is 2.15. The lowest BCUT2D eigenvalue weighted by Gasteiger charge is -2.07. The summed E-state index contributed by atoms with van der Waals surface area (Å²) >= 11 is 4.07. The van der Waals surface area contributed by atoms with Crippen LogP contribution in [-0.4, -0.2) is 0 Å². The van der Waals surface area contributed by atoms with Gasteiger partial charge in [-0.2, -0.15) is 0 Å². The predicted octanol–water partition coefficient (Wildman–Crippen LogP) is 4.53. The van der Waals surface area contributed by atoms with Gasteiger partial charge in [0.25, 0.3) is 0 Å². The third-order valence-corrected chi connectivity index (χ3v) is 6.12. The molecule has 1 nitrogen and oxygen atoms in total. The first-order valence-electron chi connectivity index (χ1n) is 4.07. The molecule has 0 unspecified atom stereocenters. The summed E-state index contributed by atoms with van der Waals surface area (Å²) in [6, 6.07) is 14.0. The number of rotatable bonds is 1. The molecule has 2 aromatic carbocycles. The van der Waals surface area contributed by atoms with E-state index in [1.165, 1.54) is 0 Å². The van der Waals surface area contributed by atoms with Crippen molar-refractivity contribution in [1.29, 1.82) is 0 Å². The fourth-order valence-electron chi connectivity index (χ4n) is 1.44. The van der Waals surface area contributed by atoms with Gasteiger partial charge in [-0.1, -0.05) is 36.4 Å². The molecule has 0 atom stereocenters. The molecule has 14 heavy (non-hydrogen) atoms. The Bertz CT molecular complexity index is 513. The summed E-state index contributed by atoms with van der Waals surface area (Å²) < 4.78 is 9.78. The first-order valence-corrected chi connectivity index (χ1v) is 11.3. The van der Waals surface area contributed by atoms with Gasteiger partial charge in [-0.15, -0.1) is 0 Å². The van der Waals surface area contributed by atoms with Crippen LogP contribution >= 0.6 is 46.5 Å². The molecule has 0 aliphatic carbocycles. The van der Waals surface area contributed by atoms with Crippen LogP contribution in [0.4, 0.5) is 0 Å². The number of hydrogen-bond acceptors (Lipinski definition) is 1. The van der Waals surface area contributed by atoms with Crippen molar-refractivity contribution in [2.75, 3.05) is 0 Å². The van der Waals surface area contributed by atoms with E-state index < -0.39 is 2.43 Å².